The van der Waals surface area contributed by atoms with Crippen LogP contribution in [0.25, 0.3) is 11.6 Å². The Morgan fingerprint density at radius 1 is 1.13 bits per heavy atom. The van der Waals surface area contributed by atoms with Crippen LogP contribution in [0.15, 0.2) is 48.9 Å². The van der Waals surface area contributed by atoms with Gasteiger partial charge in [0.2, 0.25) is 0 Å². The highest BCUT2D eigenvalue weighted by Crippen LogP contribution is 2.45. The summed E-state index contributed by atoms with van der Waals surface area (Å²) in [6.45, 7) is 5.11. The van der Waals surface area contributed by atoms with Gasteiger partial charge in [-0.1, -0.05) is 23.7 Å². The van der Waals surface area contributed by atoms with E-state index in [9.17, 15) is 0 Å². The van der Waals surface area contributed by atoms with Crippen LogP contribution in [-0.2, 0) is 6.54 Å². The van der Waals surface area contributed by atoms with Crippen LogP contribution in [0, 0.1) is 12.8 Å². The van der Waals surface area contributed by atoms with E-state index in [1.165, 1.54) is 40.8 Å². The fourth-order valence-corrected chi connectivity index (χ4v) is 5.22. The second kappa shape index (κ2) is 8.37. The Morgan fingerprint density at radius 2 is 2.00 bits per heavy atom. The number of fused-ring (bicyclic) bond motifs is 2. The fourth-order valence-electron chi connectivity index (χ4n) is 5.04. The van der Waals surface area contributed by atoms with Gasteiger partial charge < -0.3 is 9.88 Å². The smallest absolute Gasteiger partial charge is 0.105 e. The van der Waals surface area contributed by atoms with Crippen LogP contribution >= 0.6 is 11.6 Å². The number of aryl methyl sites for hydroxylation is 2. The highest BCUT2D eigenvalue weighted by atomic mass is 35.5. The van der Waals surface area contributed by atoms with Crippen molar-refractivity contribution >= 4 is 23.3 Å². The molecule has 0 radical (unpaired) electrons. The normalized spacial score (nSPS) is 19.0. The Morgan fingerprint density at radius 3 is 2.80 bits per heavy atom. The third-order valence-corrected chi connectivity index (χ3v) is 6.83. The summed E-state index contributed by atoms with van der Waals surface area (Å²) in [5.74, 6) is 1.94. The quantitative estimate of drug-likeness (QED) is 0.623. The molecule has 1 aliphatic carbocycles. The minimum absolute atomic E-state index is 0.305. The summed E-state index contributed by atoms with van der Waals surface area (Å²) in [6.07, 6.45) is 11.5. The molecule has 30 heavy (non-hydrogen) atoms. The van der Waals surface area contributed by atoms with Gasteiger partial charge in [-0.05, 0) is 91.7 Å². The maximum atomic E-state index is 6.50. The number of benzene rings is 1. The summed E-state index contributed by atoms with van der Waals surface area (Å²) in [4.78, 5) is 9.28. The molecule has 1 aromatic carbocycles. The lowest BCUT2D eigenvalue weighted by Gasteiger charge is -2.32. The number of nitrogens with one attached hydrogen (secondary N) is 1. The van der Waals surface area contributed by atoms with E-state index in [4.69, 9.17) is 16.6 Å². The number of nitrogens with zero attached hydrogens (tertiary/aromatic N) is 3. The van der Waals surface area contributed by atoms with Gasteiger partial charge in [-0.25, -0.2) is 4.98 Å². The van der Waals surface area contributed by atoms with E-state index in [1.54, 1.807) is 0 Å². The Labute approximate surface area is 183 Å². The second-order valence-electron chi connectivity index (χ2n) is 8.36. The van der Waals surface area contributed by atoms with Crippen molar-refractivity contribution in [3.63, 3.8) is 0 Å². The monoisotopic (exact) mass is 418 g/mol. The van der Waals surface area contributed by atoms with Gasteiger partial charge in [-0.2, -0.15) is 0 Å². The van der Waals surface area contributed by atoms with Crippen LogP contribution in [-0.4, -0.2) is 27.6 Å². The fraction of sp³-hybridized carbons (Fsp3) is 0.360. The van der Waals surface area contributed by atoms with E-state index in [1.807, 2.05) is 18.5 Å². The topological polar surface area (TPSA) is 42.7 Å². The van der Waals surface area contributed by atoms with Gasteiger partial charge in [0.25, 0.3) is 0 Å². The zero-order chi connectivity index (χ0) is 20.5. The number of hydrogen-bond donors (Lipinski definition) is 1. The summed E-state index contributed by atoms with van der Waals surface area (Å²) in [5.41, 5.74) is 6.43. The van der Waals surface area contributed by atoms with Gasteiger partial charge in [0.05, 0.1) is 5.69 Å². The van der Waals surface area contributed by atoms with Crippen molar-refractivity contribution in [3.05, 3.63) is 82.2 Å². The van der Waals surface area contributed by atoms with E-state index in [0.717, 1.165) is 36.9 Å². The van der Waals surface area contributed by atoms with Gasteiger partial charge in [-0.15, -0.1) is 0 Å². The van der Waals surface area contributed by atoms with E-state index in [-0.39, 0.29) is 0 Å². The summed E-state index contributed by atoms with van der Waals surface area (Å²) >= 11 is 6.50. The van der Waals surface area contributed by atoms with Crippen LogP contribution in [0.1, 0.15) is 53.4 Å². The number of hydrogen-bond acceptors (Lipinski definition) is 3. The molecule has 1 atom stereocenters. The van der Waals surface area contributed by atoms with E-state index < -0.39 is 0 Å². The second-order valence-corrected chi connectivity index (χ2v) is 8.80. The molecule has 1 aliphatic heterocycles. The van der Waals surface area contributed by atoms with E-state index in [2.05, 4.69) is 58.3 Å². The van der Waals surface area contributed by atoms with Crippen molar-refractivity contribution in [2.45, 2.75) is 38.6 Å². The first-order valence-electron chi connectivity index (χ1n) is 10.8. The van der Waals surface area contributed by atoms with Gasteiger partial charge in [0.15, 0.2) is 0 Å². The molecule has 154 valence electrons. The zero-order valence-electron chi connectivity index (χ0n) is 17.3. The number of imidazole rings is 1. The van der Waals surface area contributed by atoms with Crippen molar-refractivity contribution in [1.29, 1.82) is 0 Å². The van der Waals surface area contributed by atoms with Crippen LogP contribution in [0.4, 0.5) is 0 Å². The predicted octanol–water partition coefficient (Wildman–Crippen LogP) is 5.32. The van der Waals surface area contributed by atoms with Gasteiger partial charge >= 0.3 is 0 Å². The summed E-state index contributed by atoms with van der Waals surface area (Å²) in [5, 5.41) is 4.31. The third kappa shape index (κ3) is 3.70. The molecule has 0 bridgehead atoms. The molecule has 5 rings (SSSR count). The third-order valence-electron chi connectivity index (χ3n) is 6.59. The number of aromatic nitrogens is 3. The summed E-state index contributed by atoms with van der Waals surface area (Å²) < 4.78 is 2.21. The van der Waals surface area contributed by atoms with Crippen molar-refractivity contribution in [2.75, 3.05) is 13.1 Å². The standard InChI is InChI=1S/C25H27ClN4/c1-17-28-12-14-30(17)13-8-19-15-20-3-2-9-29-25(20)24(18-6-10-27-11-7-18)22-5-4-21(26)16-23(19)22/h2-5,9,12,14-16,18,24,27H,6-8,10-11,13H2,1H3. The highest BCUT2D eigenvalue weighted by Gasteiger charge is 2.32. The molecule has 5 heteroatoms. The van der Waals surface area contributed by atoms with Gasteiger partial charge in [-0.3, -0.25) is 4.98 Å². The number of halogens is 1. The van der Waals surface area contributed by atoms with Gasteiger partial charge in [0, 0.05) is 36.1 Å². The van der Waals surface area contributed by atoms with Crippen LogP contribution < -0.4 is 5.32 Å². The van der Waals surface area contributed by atoms with Gasteiger partial charge in [0.1, 0.15) is 5.82 Å². The molecule has 2 aromatic heterocycles. The molecule has 1 N–H and O–H groups in total. The molecule has 1 unspecified atom stereocenters. The minimum atomic E-state index is 0.305. The first-order valence-corrected chi connectivity index (χ1v) is 11.2. The first-order chi connectivity index (χ1) is 14.7. The van der Waals surface area contributed by atoms with Crippen LogP contribution in [0.2, 0.25) is 5.02 Å². The van der Waals surface area contributed by atoms with Crippen molar-refractivity contribution in [3.8, 4) is 0 Å². The molecular weight excluding hydrogens is 392 g/mol. The Bertz CT molecular complexity index is 1080. The molecule has 1 saturated heterocycles. The average molecular weight is 419 g/mol. The van der Waals surface area contributed by atoms with Crippen molar-refractivity contribution < 1.29 is 0 Å². The molecule has 3 heterocycles. The summed E-state index contributed by atoms with van der Waals surface area (Å²) in [6, 6.07) is 10.7. The summed E-state index contributed by atoms with van der Waals surface area (Å²) in [7, 11) is 0. The molecule has 0 saturated carbocycles. The van der Waals surface area contributed by atoms with Crippen LogP contribution in [0.5, 0.6) is 0 Å². The molecule has 2 aliphatic rings. The molecule has 4 nitrogen and oxygen atoms in total. The molecular formula is C25H27ClN4. The number of piperidine rings is 1. The maximum absolute atomic E-state index is 6.50. The van der Waals surface area contributed by atoms with E-state index >= 15 is 0 Å². The zero-order valence-corrected chi connectivity index (χ0v) is 18.1. The molecule has 0 spiro atoms. The van der Waals surface area contributed by atoms with Crippen molar-refractivity contribution in [1.82, 2.24) is 19.9 Å². The SMILES string of the molecule is Cc1nccn1CCC1=Cc2cccnc2C(C2CCNCC2)c2ccc(Cl)cc21. The Hall–Kier alpha value is -2.43. The average Bonchev–Trinajstić information content (AvgIpc) is 3.12. The number of allylic oxidation sites excluding steroid dienone is 1. The minimum Gasteiger partial charge on any atom is -0.335 e. The largest absolute Gasteiger partial charge is 0.335 e. The molecule has 0 amide bonds. The van der Waals surface area contributed by atoms with Crippen molar-refractivity contribution in [2.24, 2.45) is 5.92 Å². The first kappa shape index (κ1) is 19.5. The lowest BCUT2D eigenvalue weighted by atomic mass is 9.76. The number of pyridine rings is 1. The predicted molar refractivity (Wildman–Crippen MR) is 123 cm³/mol. The van der Waals surface area contributed by atoms with Crippen LogP contribution in [0.3, 0.4) is 0 Å². The molecule has 1 fully saturated rings. The van der Waals surface area contributed by atoms with E-state index in [0.29, 0.717) is 11.8 Å². The lowest BCUT2D eigenvalue weighted by molar-refractivity contribution is 0.339. The molecule has 3 aromatic rings. The Kier molecular flexibility index (Phi) is 5.45. The Balaban J connectivity index is 1.61. The number of rotatable bonds is 4. The highest BCUT2D eigenvalue weighted by molar-refractivity contribution is 6.30. The lowest BCUT2D eigenvalue weighted by Crippen LogP contribution is -2.32. The maximum Gasteiger partial charge on any atom is 0.105 e.